The summed E-state index contributed by atoms with van der Waals surface area (Å²) in [5, 5.41) is 1.92. The first-order valence-electron chi connectivity index (χ1n) is 10.2. The third-order valence-electron chi connectivity index (χ3n) is 5.32. The molecule has 2 aromatic heterocycles. The highest BCUT2D eigenvalue weighted by molar-refractivity contribution is 7.14. The van der Waals surface area contributed by atoms with Gasteiger partial charge in [-0.3, -0.25) is 0 Å². The van der Waals surface area contributed by atoms with Crippen molar-refractivity contribution in [3.8, 4) is 50.6 Å². The summed E-state index contributed by atoms with van der Waals surface area (Å²) in [5.41, 5.74) is 3.72. The summed E-state index contributed by atoms with van der Waals surface area (Å²) in [7, 11) is 8.07. The zero-order valence-corrected chi connectivity index (χ0v) is 20.1. The Bertz CT molecular complexity index is 1210. The van der Waals surface area contributed by atoms with E-state index in [1.807, 2.05) is 42.0 Å². The second-order valence-electron chi connectivity index (χ2n) is 7.14. The van der Waals surface area contributed by atoms with E-state index in [9.17, 15) is 0 Å². The molecule has 2 heterocycles. The van der Waals surface area contributed by atoms with Crippen LogP contribution in [-0.2, 0) is 6.54 Å². The Labute approximate surface area is 197 Å². The minimum atomic E-state index is 0.537. The fourth-order valence-electron chi connectivity index (χ4n) is 3.80. The van der Waals surface area contributed by atoms with Gasteiger partial charge in [-0.05, 0) is 17.7 Å². The Morgan fingerprint density at radius 1 is 0.788 bits per heavy atom. The zero-order valence-electron chi connectivity index (χ0n) is 19.2. The summed E-state index contributed by atoms with van der Waals surface area (Å²) in [6, 6.07) is 14.1. The van der Waals surface area contributed by atoms with Crippen LogP contribution >= 0.6 is 11.3 Å². The van der Waals surface area contributed by atoms with Crippen molar-refractivity contribution in [3.63, 3.8) is 0 Å². The minimum absolute atomic E-state index is 0.537. The highest BCUT2D eigenvalue weighted by Gasteiger charge is 2.25. The van der Waals surface area contributed by atoms with Crippen LogP contribution in [0.4, 0.5) is 0 Å². The van der Waals surface area contributed by atoms with E-state index >= 15 is 0 Å². The summed E-state index contributed by atoms with van der Waals surface area (Å²) in [6.07, 6.45) is 1.84. The quantitative estimate of drug-likeness (QED) is 0.330. The molecule has 0 bridgehead atoms. The van der Waals surface area contributed by atoms with Gasteiger partial charge >= 0.3 is 0 Å². The molecule has 0 amide bonds. The van der Waals surface area contributed by atoms with Crippen LogP contribution in [0.2, 0.25) is 0 Å². The number of methoxy groups -OCH3 is 5. The molecule has 4 rings (SSSR count). The predicted molar refractivity (Wildman–Crippen MR) is 129 cm³/mol. The molecule has 0 unspecified atom stereocenters. The molecule has 2 aromatic carbocycles. The van der Waals surface area contributed by atoms with Crippen LogP contribution in [0, 0.1) is 0 Å². The van der Waals surface area contributed by atoms with Crippen molar-refractivity contribution in [2.45, 2.75) is 6.54 Å². The van der Waals surface area contributed by atoms with Crippen molar-refractivity contribution in [3.05, 3.63) is 59.7 Å². The van der Waals surface area contributed by atoms with Crippen molar-refractivity contribution >= 4 is 11.3 Å². The van der Waals surface area contributed by atoms with Gasteiger partial charge in [0.1, 0.15) is 10.6 Å². The predicted octanol–water partition coefficient (Wildman–Crippen LogP) is 5.37. The van der Waals surface area contributed by atoms with Crippen LogP contribution in [0.25, 0.3) is 21.8 Å². The van der Waals surface area contributed by atoms with Crippen LogP contribution in [0.1, 0.15) is 5.56 Å². The van der Waals surface area contributed by atoms with Crippen molar-refractivity contribution in [2.75, 3.05) is 35.5 Å². The first-order valence-corrected chi connectivity index (χ1v) is 11.1. The first kappa shape index (κ1) is 22.5. The Morgan fingerprint density at radius 2 is 1.42 bits per heavy atom. The van der Waals surface area contributed by atoms with Gasteiger partial charge in [-0.1, -0.05) is 30.3 Å². The molecule has 0 aliphatic carbocycles. The molecule has 0 saturated carbocycles. The Hall–Kier alpha value is -3.65. The van der Waals surface area contributed by atoms with Crippen molar-refractivity contribution in [1.82, 2.24) is 9.55 Å². The molecule has 0 fully saturated rings. The number of imidazole rings is 1. The summed E-state index contributed by atoms with van der Waals surface area (Å²) in [6.45, 7) is 0.644. The lowest BCUT2D eigenvalue weighted by molar-refractivity contribution is 0.324. The lowest BCUT2D eigenvalue weighted by Crippen LogP contribution is -2.02. The maximum absolute atomic E-state index is 5.67. The van der Waals surface area contributed by atoms with Crippen LogP contribution < -0.4 is 23.7 Å². The lowest BCUT2D eigenvalue weighted by atomic mass is 10.1. The Morgan fingerprint density at radius 3 is 2.00 bits per heavy atom. The molecule has 172 valence electrons. The van der Waals surface area contributed by atoms with E-state index in [1.54, 1.807) is 35.5 Å². The van der Waals surface area contributed by atoms with Gasteiger partial charge in [0.2, 0.25) is 5.75 Å². The number of ether oxygens (including phenoxy) is 5. The number of nitrogens with zero attached hydrogens (tertiary/aromatic N) is 2. The molecular weight excluding hydrogens is 440 g/mol. The Balaban J connectivity index is 1.95. The van der Waals surface area contributed by atoms with Crippen LogP contribution in [-0.4, -0.2) is 45.1 Å². The second kappa shape index (κ2) is 9.87. The average Bonchev–Trinajstić information content (AvgIpc) is 3.46. The first-order chi connectivity index (χ1) is 16.1. The molecule has 8 heteroatoms. The summed E-state index contributed by atoms with van der Waals surface area (Å²) in [5.74, 6) is 3.00. The van der Waals surface area contributed by atoms with E-state index in [2.05, 4.69) is 16.7 Å². The van der Waals surface area contributed by atoms with Crippen LogP contribution in [0.3, 0.4) is 0 Å². The van der Waals surface area contributed by atoms with Gasteiger partial charge in [0.05, 0.1) is 47.6 Å². The monoisotopic (exact) mass is 466 g/mol. The average molecular weight is 467 g/mol. The number of hydrogen-bond acceptors (Lipinski definition) is 7. The third kappa shape index (κ3) is 4.21. The van der Waals surface area contributed by atoms with E-state index < -0.39 is 0 Å². The van der Waals surface area contributed by atoms with Crippen molar-refractivity contribution in [2.24, 2.45) is 0 Å². The normalized spacial score (nSPS) is 10.7. The van der Waals surface area contributed by atoms with E-state index in [0.717, 1.165) is 27.4 Å². The molecule has 7 nitrogen and oxygen atoms in total. The zero-order chi connectivity index (χ0) is 23.4. The SMILES string of the molecule is COc1cc(-c2c(-c3scc(OC)c3OC)ncn2Cc2ccccc2)cc(OC)c1OC. The largest absolute Gasteiger partial charge is 0.493 e. The lowest BCUT2D eigenvalue weighted by Gasteiger charge is -2.16. The third-order valence-corrected chi connectivity index (χ3v) is 6.27. The van der Waals surface area contributed by atoms with E-state index in [0.29, 0.717) is 35.3 Å². The van der Waals surface area contributed by atoms with Crippen LogP contribution in [0.15, 0.2) is 54.2 Å². The van der Waals surface area contributed by atoms with Gasteiger partial charge in [0.15, 0.2) is 23.0 Å². The highest BCUT2D eigenvalue weighted by Crippen LogP contribution is 2.48. The number of benzene rings is 2. The van der Waals surface area contributed by atoms with Crippen molar-refractivity contribution in [1.29, 1.82) is 0 Å². The molecule has 0 N–H and O–H groups in total. The van der Waals surface area contributed by atoms with Crippen LogP contribution in [0.5, 0.6) is 28.7 Å². The smallest absolute Gasteiger partial charge is 0.203 e. The molecule has 0 aliphatic heterocycles. The van der Waals surface area contributed by atoms with E-state index in [1.165, 1.54) is 11.3 Å². The summed E-state index contributed by atoms with van der Waals surface area (Å²) < 4.78 is 30.0. The highest BCUT2D eigenvalue weighted by atomic mass is 32.1. The topological polar surface area (TPSA) is 64.0 Å². The molecule has 4 aromatic rings. The maximum Gasteiger partial charge on any atom is 0.203 e. The fraction of sp³-hybridized carbons (Fsp3) is 0.240. The minimum Gasteiger partial charge on any atom is -0.493 e. The van der Waals surface area contributed by atoms with Gasteiger partial charge in [0, 0.05) is 17.5 Å². The molecule has 0 aliphatic rings. The molecular formula is C25H26N2O5S. The Kier molecular flexibility index (Phi) is 6.74. The maximum atomic E-state index is 5.67. The molecule has 0 saturated heterocycles. The molecule has 0 spiro atoms. The molecule has 0 radical (unpaired) electrons. The fourth-order valence-corrected chi connectivity index (χ4v) is 4.78. The second-order valence-corrected chi connectivity index (χ2v) is 8.02. The molecule has 0 atom stereocenters. The van der Waals surface area contributed by atoms with E-state index in [4.69, 9.17) is 28.7 Å². The number of aromatic nitrogens is 2. The standard InChI is InChI=1S/C25H26N2O5S/c1-28-18-11-17(12-19(29-2)23(18)31-4)22-21(25-24(32-5)20(30-3)14-33-25)26-15-27(22)13-16-9-7-6-8-10-16/h6-12,14-15H,13H2,1-5H3. The number of thiophene rings is 1. The van der Waals surface area contributed by atoms with Gasteiger partial charge in [-0.2, -0.15) is 0 Å². The van der Waals surface area contributed by atoms with Gasteiger partial charge in [-0.15, -0.1) is 11.3 Å². The molecule has 33 heavy (non-hydrogen) atoms. The van der Waals surface area contributed by atoms with Gasteiger partial charge in [0.25, 0.3) is 0 Å². The van der Waals surface area contributed by atoms with Gasteiger partial charge in [-0.25, -0.2) is 4.98 Å². The van der Waals surface area contributed by atoms with E-state index in [-0.39, 0.29) is 0 Å². The summed E-state index contributed by atoms with van der Waals surface area (Å²) in [4.78, 5) is 5.67. The van der Waals surface area contributed by atoms with Gasteiger partial charge < -0.3 is 28.3 Å². The summed E-state index contributed by atoms with van der Waals surface area (Å²) >= 11 is 1.52. The van der Waals surface area contributed by atoms with Crippen molar-refractivity contribution < 1.29 is 23.7 Å². The number of rotatable bonds is 9. The number of hydrogen-bond donors (Lipinski definition) is 0.